The van der Waals surface area contributed by atoms with Crippen molar-refractivity contribution in [1.82, 2.24) is 5.32 Å². The number of hydrogen-bond acceptors (Lipinski definition) is 6. The lowest BCUT2D eigenvalue weighted by Gasteiger charge is -2.39. The van der Waals surface area contributed by atoms with Gasteiger partial charge in [-0.05, 0) is 37.1 Å². The van der Waals surface area contributed by atoms with Crippen LogP contribution in [0.5, 0.6) is 0 Å². The molecule has 0 aliphatic carbocycles. The van der Waals surface area contributed by atoms with Gasteiger partial charge in [0, 0.05) is 25.4 Å². The van der Waals surface area contributed by atoms with Gasteiger partial charge in [0.25, 0.3) is 0 Å². The number of carbonyl (C=O) groups excluding carboxylic acids is 2. The Balaban J connectivity index is 1.59. The summed E-state index contributed by atoms with van der Waals surface area (Å²) in [7, 11) is 1.37. The number of benzene rings is 2. The van der Waals surface area contributed by atoms with Gasteiger partial charge < -0.3 is 24.4 Å². The fourth-order valence-corrected chi connectivity index (χ4v) is 3.56. The van der Waals surface area contributed by atoms with E-state index in [-0.39, 0.29) is 24.7 Å². The van der Waals surface area contributed by atoms with Crippen LogP contribution >= 0.6 is 0 Å². The molecule has 1 amide bonds. The third-order valence-electron chi connectivity index (χ3n) is 5.09. The van der Waals surface area contributed by atoms with Crippen LogP contribution in [-0.4, -0.2) is 51.0 Å². The highest BCUT2D eigenvalue weighted by Gasteiger charge is 2.31. The van der Waals surface area contributed by atoms with Crippen LogP contribution < -0.4 is 10.2 Å². The van der Waals surface area contributed by atoms with Crippen LogP contribution in [0.4, 0.5) is 10.5 Å². The number of amides is 1. The number of piperidine rings is 1. The van der Waals surface area contributed by atoms with E-state index in [1.54, 1.807) is 6.07 Å². The highest BCUT2D eigenvalue weighted by Crippen LogP contribution is 2.23. The fraction of sp³-hybridized carbons (Fsp3) is 0.391. The number of nitrogens with zero attached hydrogens (tertiary/aromatic N) is 1. The Kier molecular flexibility index (Phi) is 7.68. The minimum absolute atomic E-state index is 0.145. The monoisotopic (exact) mass is 412 g/mol. The molecule has 1 heterocycles. The molecule has 0 unspecified atom stereocenters. The van der Waals surface area contributed by atoms with Gasteiger partial charge in [0.05, 0.1) is 24.8 Å². The van der Waals surface area contributed by atoms with Crippen molar-refractivity contribution in [1.29, 1.82) is 0 Å². The molecule has 0 aromatic heterocycles. The summed E-state index contributed by atoms with van der Waals surface area (Å²) in [4.78, 5) is 26.3. The number of rotatable bonds is 7. The van der Waals surface area contributed by atoms with E-state index in [0.29, 0.717) is 25.1 Å². The molecule has 2 aromatic rings. The molecular weight excluding hydrogens is 384 g/mol. The van der Waals surface area contributed by atoms with E-state index in [9.17, 15) is 9.59 Å². The second-order valence-corrected chi connectivity index (χ2v) is 7.08. The van der Waals surface area contributed by atoms with Gasteiger partial charge in [-0.2, -0.15) is 0 Å². The van der Waals surface area contributed by atoms with Crippen LogP contribution in [0, 0.1) is 0 Å². The van der Waals surface area contributed by atoms with Crippen LogP contribution in [0.25, 0.3) is 0 Å². The second kappa shape index (κ2) is 10.6. The van der Waals surface area contributed by atoms with E-state index in [4.69, 9.17) is 14.2 Å². The van der Waals surface area contributed by atoms with E-state index in [1.807, 2.05) is 55.5 Å². The molecule has 0 saturated carbocycles. The summed E-state index contributed by atoms with van der Waals surface area (Å²) in [6.45, 7) is 4.02. The molecule has 7 heteroatoms. The molecule has 1 aliphatic heterocycles. The first-order valence-electron chi connectivity index (χ1n) is 10.1. The molecule has 7 nitrogen and oxygen atoms in total. The smallest absolute Gasteiger partial charge is 0.407 e. The predicted molar refractivity (Wildman–Crippen MR) is 114 cm³/mol. The van der Waals surface area contributed by atoms with Crippen molar-refractivity contribution in [2.45, 2.75) is 32.1 Å². The Morgan fingerprint density at radius 2 is 1.93 bits per heavy atom. The molecule has 1 saturated heterocycles. The molecule has 160 valence electrons. The minimum atomic E-state index is -0.449. The summed E-state index contributed by atoms with van der Waals surface area (Å²) in [6, 6.07) is 16.8. The summed E-state index contributed by atoms with van der Waals surface area (Å²) in [5.41, 5.74) is 2.37. The number of esters is 1. The Bertz CT molecular complexity index is 842. The predicted octanol–water partition coefficient (Wildman–Crippen LogP) is 3.38. The average molecular weight is 412 g/mol. The van der Waals surface area contributed by atoms with Gasteiger partial charge in [-0.25, -0.2) is 9.59 Å². The number of ether oxygens (including phenoxy) is 3. The third kappa shape index (κ3) is 5.73. The largest absolute Gasteiger partial charge is 0.465 e. The third-order valence-corrected chi connectivity index (χ3v) is 5.09. The lowest BCUT2D eigenvalue weighted by molar-refractivity contribution is 0.0261. The maximum absolute atomic E-state index is 12.3. The van der Waals surface area contributed by atoms with Crippen LogP contribution in [-0.2, 0) is 20.8 Å². The lowest BCUT2D eigenvalue weighted by Crippen LogP contribution is -2.55. The van der Waals surface area contributed by atoms with Gasteiger partial charge >= 0.3 is 12.1 Å². The number of carbonyl (C=O) groups is 2. The molecule has 3 rings (SSSR count). The Morgan fingerprint density at radius 3 is 2.67 bits per heavy atom. The molecule has 0 spiro atoms. The van der Waals surface area contributed by atoms with E-state index in [2.05, 4.69) is 10.2 Å². The summed E-state index contributed by atoms with van der Waals surface area (Å²) in [5.74, 6) is -0.365. The van der Waals surface area contributed by atoms with Crippen molar-refractivity contribution in [2.75, 3.05) is 31.7 Å². The maximum atomic E-state index is 12.3. The standard InChI is InChI=1S/C23H28N2O5/c1-3-29-21-15-25(19-11-7-10-18(14-19)22(26)28-2)13-12-20(21)24-23(27)30-16-17-8-5-4-6-9-17/h4-11,14,20-21H,3,12-13,15-16H2,1-2H3,(H,24,27)/t20-,21+/m1/s1. The van der Waals surface area contributed by atoms with Crippen molar-refractivity contribution in [2.24, 2.45) is 0 Å². The first-order valence-corrected chi connectivity index (χ1v) is 10.1. The summed E-state index contributed by atoms with van der Waals surface area (Å²) >= 11 is 0. The van der Waals surface area contributed by atoms with Crippen LogP contribution in [0.1, 0.15) is 29.3 Å². The molecule has 30 heavy (non-hydrogen) atoms. The van der Waals surface area contributed by atoms with Gasteiger partial charge in [0.2, 0.25) is 0 Å². The molecule has 1 fully saturated rings. The quantitative estimate of drug-likeness (QED) is 0.703. The van der Waals surface area contributed by atoms with E-state index in [1.165, 1.54) is 7.11 Å². The highest BCUT2D eigenvalue weighted by molar-refractivity contribution is 5.90. The molecule has 0 bridgehead atoms. The fourth-order valence-electron chi connectivity index (χ4n) is 3.56. The van der Waals surface area contributed by atoms with E-state index >= 15 is 0 Å². The first kappa shape index (κ1) is 21.6. The number of hydrogen-bond donors (Lipinski definition) is 1. The number of alkyl carbamates (subject to hydrolysis) is 1. The highest BCUT2D eigenvalue weighted by atomic mass is 16.5. The van der Waals surface area contributed by atoms with Crippen molar-refractivity contribution < 1.29 is 23.8 Å². The normalized spacial score (nSPS) is 18.5. The van der Waals surface area contributed by atoms with Gasteiger partial charge in [-0.1, -0.05) is 36.4 Å². The summed E-state index contributed by atoms with van der Waals surface area (Å²) in [5, 5.41) is 2.95. The van der Waals surface area contributed by atoms with Gasteiger partial charge in [-0.15, -0.1) is 0 Å². The SMILES string of the molecule is CCO[C@H]1CN(c2cccc(C(=O)OC)c2)CC[C@H]1NC(=O)OCc1ccccc1. The van der Waals surface area contributed by atoms with Gasteiger partial charge in [0.1, 0.15) is 6.61 Å². The molecule has 1 N–H and O–H groups in total. The topological polar surface area (TPSA) is 77.1 Å². The first-order chi connectivity index (χ1) is 14.6. The maximum Gasteiger partial charge on any atom is 0.407 e. The Hall–Kier alpha value is -3.06. The molecule has 2 atom stereocenters. The zero-order valence-corrected chi connectivity index (χ0v) is 17.4. The van der Waals surface area contributed by atoms with E-state index in [0.717, 1.165) is 17.8 Å². The molecular formula is C23H28N2O5. The van der Waals surface area contributed by atoms with Crippen LogP contribution in [0.3, 0.4) is 0 Å². The zero-order valence-electron chi connectivity index (χ0n) is 17.4. The Morgan fingerprint density at radius 1 is 1.13 bits per heavy atom. The lowest BCUT2D eigenvalue weighted by atomic mass is 10.0. The van der Waals surface area contributed by atoms with Crippen molar-refractivity contribution >= 4 is 17.7 Å². The second-order valence-electron chi connectivity index (χ2n) is 7.08. The molecule has 0 radical (unpaired) electrons. The van der Waals surface area contributed by atoms with Crippen molar-refractivity contribution in [3.63, 3.8) is 0 Å². The van der Waals surface area contributed by atoms with Crippen molar-refractivity contribution in [3.8, 4) is 0 Å². The summed E-state index contributed by atoms with van der Waals surface area (Å²) in [6.07, 6.45) is 0.0672. The molecule has 2 aromatic carbocycles. The van der Waals surface area contributed by atoms with Gasteiger partial charge in [-0.3, -0.25) is 0 Å². The minimum Gasteiger partial charge on any atom is -0.465 e. The molecule has 1 aliphatic rings. The van der Waals surface area contributed by atoms with Crippen LogP contribution in [0.15, 0.2) is 54.6 Å². The summed E-state index contributed by atoms with van der Waals surface area (Å²) < 4.78 is 16.1. The van der Waals surface area contributed by atoms with E-state index < -0.39 is 6.09 Å². The Labute approximate surface area is 176 Å². The van der Waals surface area contributed by atoms with Crippen LogP contribution in [0.2, 0.25) is 0 Å². The zero-order chi connectivity index (χ0) is 21.3. The average Bonchev–Trinajstić information content (AvgIpc) is 2.79. The van der Waals surface area contributed by atoms with Gasteiger partial charge in [0.15, 0.2) is 0 Å². The number of methoxy groups -OCH3 is 1. The van der Waals surface area contributed by atoms with Crippen molar-refractivity contribution in [3.05, 3.63) is 65.7 Å². The number of nitrogens with one attached hydrogen (secondary N) is 1. The number of anilines is 1.